The number of carboxylic acid groups (broad SMARTS) is 1. The van der Waals surface area contributed by atoms with Gasteiger partial charge in [0.15, 0.2) is 4.34 Å². The summed E-state index contributed by atoms with van der Waals surface area (Å²) >= 11 is 2.24. The number of nitrogens with one attached hydrogen (secondary N) is 1. The molecule has 1 fully saturated rings. The minimum atomic E-state index is -0.913. The summed E-state index contributed by atoms with van der Waals surface area (Å²) in [5.74, 6) is -1.14. The number of nitrogens with zero attached hydrogens (tertiary/aromatic N) is 2. The molecule has 19 heavy (non-hydrogen) atoms. The highest BCUT2D eigenvalue weighted by molar-refractivity contribution is 8.01. The number of ether oxygens (including phenoxy) is 1. The molecule has 0 radical (unpaired) electrons. The average molecular weight is 303 g/mol. The molecule has 0 saturated carbocycles. The molecule has 1 atom stereocenters. The Kier molecular flexibility index (Phi) is 5.11. The summed E-state index contributed by atoms with van der Waals surface area (Å²) in [6, 6.07) is 0. The molecule has 0 spiro atoms. The number of carboxylic acids is 1. The fraction of sp³-hybridized carbons (Fsp3) is 0.600. The van der Waals surface area contributed by atoms with Crippen molar-refractivity contribution >= 4 is 40.1 Å². The van der Waals surface area contributed by atoms with E-state index in [1.807, 2.05) is 0 Å². The number of thioether (sulfide) groups is 1. The van der Waals surface area contributed by atoms with E-state index in [4.69, 9.17) is 9.84 Å². The van der Waals surface area contributed by atoms with Gasteiger partial charge >= 0.3 is 5.97 Å². The van der Waals surface area contributed by atoms with Crippen LogP contribution in [0.25, 0.3) is 0 Å². The van der Waals surface area contributed by atoms with Gasteiger partial charge in [0.05, 0.1) is 18.3 Å². The molecule has 1 aliphatic rings. The lowest BCUT2D eigenvalue weighted by Gasteiger charge is -2.07. The minimum Gasteiger partial charge on any atom is -0.481 e. The Bertz CT molecular complexity index is 459. The molecule has 1 aromatic heterocycles. The predicted molar refractivity (Wildman–Crippen MR) is 70.5 cm³/mol. The minimum absolute atomic E-state index is 0.00576. The summed E-state index contributed by atoms with van der Waals surface area (Å²) in [4.78, 5) is 22.1. The molecule has 1 saturated heterocycles. The van der Waals surface area contributed by atoms with Crippen molar-refractivity contribution in [2.45, 2.75) is 29.7 Å². The van der Waals surface area contributed by atoms with Gasteiger partial charge < -0.3 is 15.2 Å². The van der Waals surface area contributed by atoms with E-state index in [1.165, 1.54) is 11.3 Å². The maximum Gasteiger partial charge on any atom is 0.313 e. The number of rotatable bonds is 6. The third-order valence-corrected chi connectivity index (χ3v) is 4.37. The lowest BCUT2D eigenvalue weighted by atomic mass is 10.2. The van der Waals surface area contributed by atoms with E-state index in [9.17, 15) is 9.59 Å². The molecule has 1 aliphatic heterocycles. The first kappa shape index (κ1) is 14.2. The van der Waals surface area contributed by atoms with Gasteiger partial charge in [-0.25, -0.2) is 0 Å². The summed E-state index contributed by atoms with van der Waals surface area (Å²) < 4.78 is 5.89. The van der Waals surface area contributed by atoms with E-state index in [1.54, 1.807) is 0 Å². The van der Waals surface area contributed by atoms with Crippen LogP contribution in [0.15, 0.2) is 4.34 Å². The number of carbonyl (C=O) groups is 2. The van der Waals surface area contributed by atoms with Crippen molar-refractivity contribution in [3.05, 3.63) is 0 Å². The highest BCUT2D eigenvalue weighted by Crippen LogP contribution is 2.25. The Balaban J connectivity index is 1.78. The van der Waals surface area contributed by atoms with Gasteiger partial charge in [0.25, 0.3) is 0 Å². The first-order valence-electron chi connectivity index (χ1n) is 5.73. The maximum absolute atomic E-state index is 11.7. The maximum atomic E-state index is 11.7. The summed E-state index contributed by atoms with van der Waals surface area (Å²) in [5, 5.41) is 19.2. The van der Waals surface area contributed by atoms with Gasteiger partial charge in [-0.15, -0.1) is 10.2 Å². The van der Waals surface area contributed by atoms with E-state index < -0.39 is 5.97 Å². The van der Waals surface area contributed by atoms with E-state index in [0.29, 0.717) is 22.5 Å². The van der Waals surface area contributed by atoms with Crippen molar-refractivity contribution in [2.24, 2.45) is 0 Å². The zero-order valence-electron chi connectivity index (χ0n) is 10.00. The van der Waals surface area contributed by atoms with Crippen LogP contribution in [0, 0.1) is 0 Å². The third-order valence-electron chi connectivity index (χ3n) is 2.41. The predicted octanol–water partition coefficient (Wildman–Crippen LogP) is 1.22. The molecule has 7 nitrogen and oxygen atoms in total. The number of carbonyl (C=O) groups excluding carboxylic acids is 1. The molecule has 9 heteroatoms. The van der Waals surface area contributed by atoms with Crippen molar-refractivity contribution in [3.63, 3.8) is 0 Å². The molecule has 1 unspecified atom stereocenters. The van der Waals surface area contributed by atoms with Crippen molar-refractivity contribution < 1.29 is 19.4 Å². The molecule has 1 aromatic rings. The highest BCUT2D eigenvalue weighted by Gasteiger charge is 2.19. The van der Waals surface area contributed by atoms with Gasteiger partial charge in [0.1, 0.15) is 0 Å². The van der Waals surface area contributed by atoms with Crippen molar-refractivity contribution in [2.75, 3.05) is 17.7 Å². The van der Waals surface area contributed by atoms with Gasteiger partial charge in [-0.1, -0.05) is 23.1 Å². The summed E-state index contributed by atoms with van der Waals surface area (Å²) in [7, 11) is 0. The molecule has 2 rings (SSSR count). The standard InChI is InChI=1S/C10H13N3O4S2/c14-7(4-6-2-1-3-17-6)11-9-12-13-10(19-9)18-5-8(15)16/h6H,1-5H2,(H,15,16)(H,11,12,14). The van der Waals surface area contributed by atoms with Gasteiger partial charge in [-0.2, -0.15) is 0 Å². The number of amides is 1. The molecule has 1 amide bonds. The second-order valence-electron chi connectivity index (χ2n) is 3.94. The number of anilines is 1. The van der Waals surface area contributed by atoms with E-state index in [2.05, 4.69) is 15.5 Å². The van der Waals surface area contributed by atoms with Crippen molar-refractivity contribution in [1.82, 2.24) is 10.2 Å². The number of aliphatic carboxylic acids is 1. The van der Waals surface area contributed by atoms with Crippen LogP contribution in [-0.4, -0.2) is 45.6 Å². The normalized spacial score (nSPS) is 18.4. The molecule has 2 heterocycles. The Morgan fingerprint density at radius 2 is 2.37 bits per heavy atom. The monoisotopic (exact) mass is 303 g/mol. The first-order valence-corrected chi connectivity index (χ1v) is 7.53. The Morgan fingerprint density at radius 3 is 3.05 bits per heavy atom. The largest absolute Gasteiger partial charge is 0.481 e. The lowest BCUT2D eigenvalue weighted by Crippen LogP contribution is -2.19. The van der Waals surface area contributed by atoms with Gasteiger partial charge in [-0.05, 0) is 12.8 Å². The van der Waals surface area contributed by atoms with Gasteiger partial charge in [0, 0.05) is 6.61 Å². The molecule has 0 bridgehead atoms. The van der Waals surface area contributed by atoms with E-state index in [-0.39, 0.29) is 17.8 Å². The SMILES string of the molecule is O=C(O)CSc1nnc(NC(=O)CC2CCCO2)s1. The molecule has 0 aliphatic carbocycles. The quantitative estimate of drug-likeness (QED) is 0.602. The molecule has 0 aromatic carbocycles. The van der Waals surface area contributed by atoms with Crippen LogP contribution >= 0.6 is 23.1 Å². The van der Waals surface area contributed by atoms with Crippen LogP contribution in [0.5, 0.6) is 0 Å². The molecular formula is C10H13N3O4S2. The molecule has 104 valence electrons. The van der Waals surface area contributed by atoms with Crippen LogP contribution in [0.2, 0.25) is 0 Å². The first-order chi connectivity index (χ1) is 9.13. The Labute approximate surface area is 117 Å². The van der Waals surface area contributed by atoms with Crippen molar-refractivity contribution in [1.29, 1.82) is 0 Å². The smallest absolute Gasteiger partial charge is 0.313 e. The van der Waals surface area contributed by atoms with Crippen LogP contribution < -0.4 is 5.32 Å². The van der Waals surface area contributed by atoms with Crippen LogP contribution in [0.1, 0.15) is 19.3 Å². The van der Waals surface area contributed by atoms with Gasteiger partial charge in [-0.3, -0.25) is 9.59 Å². The highest BCUT2D eigenvalue weighted by atomic mass is 32.2. The van der Waals surface area contributed by atoms with E-state index in [0.717, 1.165) is 24.6 Å². The zero-order valence-corrected chi connectivity index (χ0v) is 11.6. The number of aromatic nitrogens is 2. The second-order valence-corrected chi connectivity index (χ2v) is 6.14. The average Bonchev–Trinajstić information content (AvgIpc) is 2.98. The van der Waals surface area contributed by atoms with Crippen molar-refractivity contribution in [3.8, 4) is 0 Å². The number of hydrogen-bond donors (Lipinski definition) is 2. The third kappa shape index (κ3) is 4.77. The van der Waals surface area contributed by atoms with Crippen LogP contribution in [-0.2, 0) is 14.3 Å². The van der Waals surface area contributed by atoms with Gasteiger partial charge in [0.2, 0.25) is 11.0 Å². The fourth-order valence-corrected chi connectivity index (χ4v) is 3.11. The summed E-state index contributed by atoms with van der Waals surface area (Å²) in [6.07, 6.45) is 2.21. The lowest BCUT2D eigenvalue weighted by molar-refractivity contribution is -0.133. The Hall–Kier alpha value is -1.19. The zero-order chi connectivity index (χ0) is 13.7. The molecular weight excluding hydrogens is 290 g/mol. The van der Waals surface area contributed by atoms with Crippen LogP contribution in [0.4, 0.5) is 5.13 Å². The van der Waals surface area contributed by atoms with E-state index >= 15 is 0 Å². The second kappa shape index (κ2) is 6.83. The van der Waals surface area contributed by atoms with Crippen LogP contribution in [0.3, 0.4) is 0 Å². The number of hydrogen-bond acceptors (Lipinski definition) is 7. The summed E-state index contributed by atoms with van der Waals surface area (Å²) in [5.41, 5.74) is 0. The summed E-state index contributed by atoms with van der Waals surface area (Å²) in [6.45, 7) is 0.715. The topological polar surface area (TPSA) is 101 Å². The fourth-order valence-electron chi connectivity index (χ4n) is 1.62. The molecule has 2 N–H and O–H groups in total. The Morgan fingerprint density at radius 1 is 1.53 bits per heavy atom.